The number of hydrogen-bond acceptors (Lipinski definition) is 4. The third kappa shape index (κ3) is 3.76. The molecule has 146 valence electrons. The summed E-state index contributed by atoms with van der Waals surface area (Å²) in [5, 5.41) is 12.5. The van der Waals surface area contributed by atoms with Gasteiger partial charge in [0.2, 0.25) is 0 Å². The van der Waals surface area contributed by atoms with Crippen LogP contribution in [0.2, 0.25) is 5.02 Å². The van der Waals surface area contributed by atoms with Gasteiger partial charge in [0, 0.05) is 21.5 Å². The lowest BCUT2D eigenvalue weighted by Gasteiger charge is -2.10. The van der Waals surface area contributed by atoms with Crippen LogP contribution in [0.4, 0.5) is 0 Å². The van der Waals surface area contributed by atoms with E-state index in [9.17, 15) is 9.90 Å². The fourth-order valence-corrected chi connectivity index (χ4v) is 3.51. The Kier molecular flexibility index (Phi) is 5.12. The molecule has 1 atom stereocenters. The number of furan rings is 1. The maximum atomic E-state index is 11.6. The van der Waals surface area contributed by atoms with E-state index in [1.807, 2.05) is 18.2 Å². The van der Waals surface area contributed by atoms with Crippen molar-refractivity contribution in [2.24, 2.45) is 0 Å². The summed E-state index contributed by atoms with van der Waals surface area (Å²) >= 11 is 6.00. The van der Waals surface area contributed by atoms with Gasteiger partial charge in [-0.1, -0.05) is 49.7 Å². The van der Waals surface area contributed by atoms with E-state index >= 15 is 0 Å². The van der Waals surface area contributed by atoms with Gasteiger partial charge in [-0.2, -0.15) is 0 Å². The maximum absolute atomic E-state index is 11.6. The largest absolute Gasteiger partial charge is 0.545 e. The number of aromatic carboxylic acids is 1. The van der Waals surface area contributed by atoms with Gasteiger partial charge in [-0.05, 0) is 54.3 Å². The van der Waals surface area contributed by atoms with E-state index in [0.717, 1.165) is 12.0 Å². The van der Waals surface area contributed by atoms with Crippen molar-refractivity contribution in [1.82, 2.24) is 4.98 Å². The zero-order chi connectivity index (χ0) is 20.5. The smallest absolute Gasteiger partial charge is 0.153 e. The highest BCUT2D eigenvalue weighted by Crippen LogP contribution is 2.31. The minimum absolute atomic E-state index is 0.0309. The first-order valence-corrected chi connectivity index (χ1v) is 9.86. The number of nitrogens with zero attached hydrogens (tertiary/aromatic N) is 1. The standard InChI is InChI=1S/C24H20ClNO3/c1-3-14(2)15-4-6-16(7-5-15)22-10-11-23(29-22)21-13-19(24(27)28)18-12-17(25)8-9-20(18)26-21/h4-14H,3H2,1-2H3,(H,27,28)/p-1. The number of carbonyl (C=O) groups is 1. The van der Waals surface area contributed by atoms with Crippen LogP contribution in [0.5, 0.6) is 0 Å². The third-order valence-corrected chi connectivity index (χ3v) is 5.46. The predicted molar refractivity (Wildman–Crippen MR) is 113 cm³/mol. The molecule has 0 aliphatic heterocycles. The molecule has 0 spiro atoms. The number of fused-ring (bicyclic) bond motifs is 1. The van der Waals surface area contributed by atoms with Crippen LogP contribution < -0.4 is 5.11 Å². The zero-order valence-electron chi connectivity index (χ0n) is 16.1. The van der Waals surface area contributed by atoms with Crippen LogP contribution in [0.15, 0.2) is 65.1 Å². The normalized spacial score (nSPS) is 12.2. The molecule has 4 aromatic rings. The third-order valence-electron chi connectivity index (χ3n) is 5.23. The molecule has 2 aromatic heterocycles. The molecule has 2 aromatic carbocycles. The Balaban J connectivity index is 1.73. The summed E-state index contributed by atoms with van der Waals surface area (Å²) in [4.78, 5) is 16.2. The van der Waals surface area contributed by atoms with Gasteiger partial charge in [0.05, 0.1) is 11.5 Å². The zero-order valence-corrected chi connectivity index (χ0v) is 16.9. The van der Waals surface area contributed by atoms with E-state index in [-0.39, 0.29) is 5.56 Å². The fraction of sp³-hybridized carbons (Fsp3) is 0.167. The number of hydrogen-bond donors (Lipinski definition) is 0. The lowest BCUT2D eigenvalue weighted by atomic mass is 9.97. The van der Waals surface area contributed by atoms with Gasteiger partial charge in [-0.15, -0.1) is 0 Å². The lowest BCUT2D eigenvalue weighted by molar-refractivity contribution is -0.254. The number of rotatable bonds is 5. The van der Waals surface area contributed by atoms with Crippen LogP contribution in [0.3, 0.4) is 0 Å². The van der Waals surface area contributed by atoms with Crippen molar-refractivity contribution >= 4 is 28.5 Å². The summed E-state index contributed by atoms with van der Waals surface area (Å²) in [6.45, 7) is 4.37. The Morgan fingerprint density at radius 2 is 1.79 bits per heavy atom. The van der Waals surface area contributed by atoms with Crippen molar-refractivity contribution in [2.75, 3.05) is 0 Å². The van der Waals surface area contributed by atoms with Crippen molar-refractivity contribution in [3.05, 3.63) is 76.8 Å². The van der Waals surface area contributed by atoms with E-state index in [1.54, 1.807) is 24.3 Å². The lowest BCUT2D eigenvalue weighted by Crippen LogP contribution is -2.22. The summed E-state index contributed by atoms with van der Waals surface area (Å²) in [6, 6.07) is 18.3. The van der Waals surface area contributed by atoms with Crippen LogP contribution >= 0.6 is 11.6 Å². The summed E-state index contributed by atoms with van der Waals surface area (Å²) in [7, 11) is 0. The Bertz CT molecular complexity index is 1190. The first-order valence-electron chi connectivity index (χ1n) is 9.48. The van der Waals surface area contributed by atoms with Crippen molar-refractivity contribution in [1.29, 1.82) is 0 Å². The second-order valence-electron chi connectivity index (χ2n) is 7.10. The molecule has 1 unspecified atom stereocenters. The van der Waals surface area contributed by atoms with Crippen LogP contribution in [0.25, 0.3) is 33.7 Å². The molecule has 5 heteroatoms. The molecule has 0 saturated carbocycles. The minimum Gasteiger partial charge on any atom is -0.545 e. The van der Waals surface area contributed by atoms with Gasteiger partial charge in [0.1, 0.15) is 11.5 Å². The number of benzene rings is 2. The van der Waals surface area contributed by atoms with E-state index in [2.05, 4.69) is 31.0 Å². The predicted octanol–water partition coefficient (Wildman–Crippen LogP) is 5.69. The highest BCUT2D eigenvalue weighted by molar-refractivity contribution is 6.31. The fourth-order valence-electron chi connectivity index (χ4n) is 3.34. The molecule has 0 radical (unpaired) electrons. The summed E-state index contributed by atoms with van der Waals surface area (Å²) in [5.41, 5.74) is 3.22. The van der Waals surface area contributed by atoms with Gasteiger partial charge in [0.25, 0.3) is 0 Å². The second-order valence-corrected chi connectivity index (χ2v) is 7.54. The summed E-state index contributed by atoms with van der Waals surface area (Å²) < 4.78 is 5.99. The molecule has 0 fully saturated rings. The Labute approximate surface area is 173 Å². The second kappa shape index (κ2) is 7.72. The number of pyridine rings is 1. The van der Waals surface area contributed by atoms with E-state index in [0.29, 0.717) is 39.1 Å². The Hall–Kier alpha value is -3.11. The number of halogens is 1. The van der Waals surface area contributed by atoms with E-state index in [4.69, 9.17) is 16.0 Å². The highest BCUT2D eigenvalue weighted by atomic mass is 35.5. The van der Waals surface area contributed by atoms with Crippen molar-refractivity contribution in [3.8, 4) is 22.8 Å². The van der Waals surface area contributed by atoms with Crippen molar-refractivity contribution in [3.63, 3.8) is 0 Å². The molecule has 4 nitrogen and oxygen atoms in total. The van der Waals surface area contributed by atoms with Crippen LogP contribution in [-0.4, -0.2) is 11.0 Å². The maximum Gasteiger partial charge on any atom is 0.153 e. The molecule has 0 aliphatic carbocycles. The van der Waals surface area contributed by atoms with E-state index in [1.165, 1.54) is 11.6 Å². The van der Waals surface area contributed by atoms with Crippen LogP contribution in [0, 0.1) is 0 Å². The van der Waals surface area contributed by atoms with Gasteiger partial charge in [0.15, 0.2) is 5.76 Å². The number of carbonyl (C=O) groups excluding carboxylic acids is 1. The van der Waals surface area contributed by atoms with Gasteiger partial charge < -0.3 is 14.3 Å². The van der Waals surface area contributed by atoms with Gasteiger partial charge in [-0.25, -0.2) is 4.98 Å². The number of carboxylic acids is 1. The monoisotopic (exact) mass is 404 g/mol. The molecule has 0 amide bonds. The molecule has 2 heterocycles. The Morgan fingerprint density at radius 3 is 2.48 bits per heavy atom. The SMILES string of the molecule is CCC(C)c1ccc(-c2ccc(-c3cc(C(=O)[O-])c4cc(Cl)ccc4n3)o2)cc1. The van der Waals surface area contributed by atoms with Crippen LogP contribution in [0.1, 0.15) is 42.1 Å². The summed E-state index contributed by atoms with van der Waals surface area (Å²) in [5.74, 6) is 0.414. The summed E-state index contributed by atoms with van der Waals surface area (Å²) in [6.07, 6.45) is 1.09. The molecule has 4 rings (SSSR count). The van der Waals surface area contributed by atoms with Crippen molar-refractivity contribution in [2.45, 2.75) is 26.2 Å². The number of carboxylic acid groups (broad SMARTS) is 1. The number of aromatic nitrogens is 1. The molecule has 0 saturated heterocycles. The molecule has 29 heavy (non-hydrogen) atoms. The first-order chi connectivity index (χ1) is 14.0. The van der Waals surface area contributed by atoms with Crippen molar-refractivity contribution < 1.29 is 14.3 Å². The molecular weight excluding hydrogens is 386 g/mol. The van der Waals surface area contributed by atoms with Crippen LogP contribution in [-0.2, 0) is 0 Å². The van der Waals surface area contributed by atoms with Gasteiger partial charge in [-0.3, -0.25) is 0 Å². The topological polar surface area (TPSA) is 66.2 Å². The molecule has 0 bridgehead atoms. The van der Waals surface area contributed by atoms with Gasteiger partial charge >= 0.3 is 0 Å². The Morgan fingerprint density at radius 1 is 1.07 bits per heavy atom. The molecular formula is C24H19ClNO3-. The average Bonchev–Trinajstić information content (AvgIpc) is 3.22. The average molecular weight is 405 g/mol. The molecule has 0 N–H and O–H groups in total. The first kappa shape index (κ1) is 19.2. The molecule has 0 aliphatic rings. The highest BCUT2D eigenvalue weighted by Gasteiger charge is 2.13. The quantitative estimate of drug-likeness (QED) is 0.428. The minimum atomic E-state index is -1.28. The van der Waals surface area contributed by atoms with E-state index < -0.39 is 5.97 Å².